The van der Waals surface area contributed by atoms with E-state index >= 15 is 0 Å². The number of carboxylic acids is 1. The van der Waals surface area contributed by atoms with E-state index in [0.29, 0.717) is 17.3 Å². The summed E-state index contributed by atoms with van der Waals surface area (Å²) in [6.07, 6.45) is 6.52. The van der Waals surface area contributed by atoms with Crippen LogP contribution in [0.2, 0.25) is 0 Å². The SMILES string of the molecule is O=C(N[C@@H](Cc1ccccc1)C(=O)O)c1cc(Nc2cnccn2)nc(-c2ccnc(N3CCNCC3)c2)c1. The fourth-order valence-corrected chi connectivity index (χ4v) is 4.30. The fraction of sp³-hybridized carbons (Fsp3) is 0.214. The van der Waals surface area contributed by atoms with E-state index in [1.54, 1.807) is 36.9 Å². The molecule has 1 aromatic carbocycles. The molecule has 1 amide bonds. The molecule has 4 heterocycles. The lowest BCUT2D eigenvalue weighted by Crippen LogP contribution is -2.43. The van der Waals surface area contributed by atoms with Gasteiger partial charge >= 0.3 is 5.97 Å². The van der Waals surface area contributed by atoms with Crippen molar-refractivity contribution in [2.75, 3.05) is 36.4 Å². The molecule has 0 unspecified atom stereocenters. The van der Waals surface area contributed by atoms with Crippen LogP contribution in [0.15, 0.2) is 79.4 Å². The van der Waals surface area contributed by atoms with Crippen LogP contribution in [0.5, 0.6) is 0 Å². The number of carbonyl (C=O) groups is 2. The smallest absolute Gasteiger partial charge is 0.326 e. The molecule has 0 aliphatic carbocycles. The predicted octanol–water partition coefficient (Wildman–Crippen LogP) is 2.51. The number of piperazine rings is 1. The number of aromatic nitrogens is 4. The topological polar surface area (TPSA) is 145 Å². The highest BCUT2D eigenvalue weighted by molar-refractivity contribution is 5.98. The van der Waals surface area contributed by atoms with E-state index in [1.165, 1.54) is 0 Å². The van der Waals surface area contributed by atoms with Gasteiger partial charge in [0.05, 0.1) is 11.9 Å². The summed E-state index contributed by atoms with van der Waals surface area (Å²) in [6, 6.07) is 15.1. The Balaban J connectivity index is 1.46. The molecule has 1 atom stereocenters. The second kappa shape index (κ2) is 12.1. The lowest BCUT2D eigenvalue weighted by atomic mass is 10.0. The van der Waals surface area contributed by atoms with E-state index in [1.807, 2.05) is 42.5 Å². The molecule has 5 rings (SSSR count). The molecule has 39 heavy (non-hydrogen) atoms. The number of carboxylic acid groups (broad SMARTS) is 1. The van der Waals surface area contributed by atoms with Crippen LogP contribution in [0, 0.1) is 0 Å². The number of anilines is 3. The number of hydrogen-bond donors (Lipinski definition) is 4. The molecule has 0 saturated carbocycles. The quantitative estimate of drug-likeness (QED) is 0.258. The van der Waals surface area contributed by atoms with Gasteiger partial charge in [-0.1, -0.05) is 30.3 Å². The molecule has 1 aliphatic rings. The first-order valence-corrected chi connectivity index (χ1v) is 12.6. The number of pyridine rings is 2. The van der Waals surface area contributed by atoms with Gasteiger partial charge < -0.3 is 26.0 Å². The summed E-state index contributed by atoms with van der Waals surface area (Å²) in [5.74, 6) is 0.00323. The summed E-state index contributed by atoms with van der Waals surface area (Å²) in [6.45, 7) is 3.42. The molecular weight excluding hydrogens is 496 g/mol. The molecule has 11 nitrogen and oxygen atoms in total. The number of amides is 1. The zero-order valence-electron chi connectivity index (χ0n) is 21.1. The van der Waals surface area contributed by atoms with Gasteiger partial charge in [0.1, 0.15) is 23.5 Å². The second-order valence-electron chi connectivity index (χ2n) is 9.04. The maximum Gasteiger partial charge on any atom is 0.326 e. The van der Waals surface area contributed by atoms with Gasteiger partial charge in [-0.25, -0.2) is 19.7 Å². The van der Waals surface area contributed by atoms with Gasteiger partial charge in [0, 0.05) is 62.3 Å². The Morgan fingerprint density at radius 3 is 2.54 bits per heavy atom. The monoisotopic (exact) mass is 524 g/mol. The highest BCUT2D eigenvalue weighted by Crippen LogP contribution is 2.26. The number of aliphatic carboxylic acids is 1. The van der Waals surface area contributed by atoms with Crippen molar-refractivity contribution in [3.63, 3.8) is 0 Å². The third kappa shape index (κ3) is 6.70. The van der Waals surface area contributed by atoms with Crippen molar-refractivity contribution in [1.82, 2.24) is 30.6 Å². The summed E-state index contributed by atoms with van der Waals surface area (Å²) in [4.78, 5) is 45.1. The number of hydrogen-bond acceptors (Lipinski definition) is 9. The predicted molar refractivity (Wildman–Crippen MR) is 147 cm³/mol. The zero-order valence-corrected chi connectivity index (χ0v) is 21.1. The Hall–Kier alpha value is -4.90. The minimum absolute atomic E-state index is 0.156. The number of rotatable bonds is 9. The van der Waals surface area contributed by atoms with E-state index in [4.69, 9.17) is 4.98 Å². The standard InChI is InChI=1S/C28H28N8O3/c37-27(34-23(28(38)39)14-19-4-2-1-3-5-19)21-15-22(33-24(16-21)35-25-18-30-8-9-31-25)20-6-7-32-26(17-20)36-12-10-29-11-13-36/h1-9,15-18,23,29H,10-14H2,(H,34,37)(H,38,39)(H,31,33,35)/t23-/m0/s1. The van der Waals surface area contributed by atoms with Crippen LogP contribution in [-0.4, -0.2) is 69.1 Å². The molecule has 0 spiro atoms. The van der Waals surface area contributed by atoms with Crippen LogP contribution in [0.3, 0.4) is 0 Å². The van der Waals surface area contributed by atoms with Crippen molar-refractivity contribution in [3.8, 4) is 11.3 Å². The third-order valence-corrected chi connectivity index (χ3v) is 6.28. The third-order valence-electron chi connectivity index (χ3n) is 6.28. The molecular formula is C28H28N8O3. The normalized spacial score (nSPS) is 13.9. The van der Waals surface area contributed by atoms with E-state index in [9.17, 15) is 14.7 Å². The van der Waals surface area contributed by atoms with Crippen molar-refractivity contribution in [2.45, 2.75) is 12.5 Å². The van der Waals surface area contributed by atoms with Gasteiger partial charge in [-0.05, 0) is 29.8 Å². The number of nitrogens with zero attached hydrogens (tertiary/aromatic N) is 5. The first-order valence-electron chi connectivity index (χ1n) is 12.6. The van der Waals surface area contributed by atoms with E-state index in [0.717, 1.165) is 43.1 Å². The van der Waals surface area contributed by atoms with Crippen LogP contribution in [0.25, 0.3) is 11.3 Å². The van der Waals surface area contributed by atoms with Crippen LogP contribution in [0.4, 0.5) is 17.5 Å². The Morgan fingerprint density at radius 1 is 0.974 bits per heavy atom. The second-order valence-corrected chi connectivity index (χ2v) is 9.04. The van der Waals surface area contributed by atoms with Gasteiger partial charge in [0.25, 0.3) is 5.91 Å². The Kier molecular flexibility index (Phi) is 7.98. The maximum atomic E-state index is 13.4. The number of benzene rings is 1. The minimum atomic E-state index is -1.12. The molecule has 11 heteroatoms. The molecule has 4 aromatic rings. The molecule has 0 radical (unpaired) electrons. The summed E-state index contributed by atoms with van der Waals surface area (Å²) >= 11 is 0. The summed E-state index contributed by atoms with van der Waals surface area (Å²) in [5, 5.41) is 18.9. The lowest BCUT2D eigenvalue weighted by molar-refractivity contribution is -0.139. The lowest BCUT2D eigenvalue weighted by Gasteiger charge is -2.28. The molecule has 1 saturated heterocycles. The van der Waals surface area contributed by atoms with Crippen molar-refractivity contribution >= 4 is 29.3 Å². The summed E-state index contributed by atoms with van der Waals surface area (Å²) in [5.41, 5.74) is 2.37. The van der Waals surface area contributed by atoms with Crippen LogP contribution >= 0.6 is 0 Å². The molecule has 0 bridgehead atoms. The highest BCUT2D eigenvalue weighted by Gasteiger charge is 2.22. The molecule has 1 fully saturated rings. The summed E-state index contributed by atoms with van der Waals surface area (Å²) in [7, 11) is 0. The Morgan fingerprint density at radius 2 is 1.79 bits per heavy atom. The van der Waals surface area contributed by atoms with Gasteiger partial charge in [-0.3, -0.25) is 9.78 Å². The molecule has 3 aromatic heterocycles. The Labute approximate surface area is 225 Å². The van der Waals surface area contributed by atoms with Crippen LogP contribution in [0.1, 0.15) is 15.9 Å². The van der Waals surface area contributed by atoms with Crippen molar-refractivity contribution < 1.29 is 14.7 Å². The minimum Gasteiger partial charge on any atom is -0.480 e. The van der Waals surface area contributed by atoms with Crippen molar-refractivity contribution in [3.05, 3.63) is 90.5 Å². The first kappa shape index (κ1) is 25.7. The molecule has 1 aliphatic heterocycles. The van der Waals surface area contributed by atoms with Gasteiger partial charge in [-0.15, -0.1) is 0 Å². The molecule has 198 valence electrons. The average Bonchev–Trinajstić information content (AvgIpc) is 2.98. The van der Waals surface area contributed by atoms with Gasteiger partial charge in [-0.2, -0.15) is 0 Å². The van der Waals surface area contributed by atoms with Crippen molar-refractivity contribution in [1.29, 1.82) is 0 Å². The summed E-state index contributed by atoms with van der Waals surface area (Å²) < 4.78 is 0. The maximum absolute atomic E-state index is 13.4. The molecule has 4 N–H and O–H groups in total. The average molecular weight is 525 g/mol. The van der Waals surface area contributed by atoms with Crippen LogP contribution in [-0.2, 0) is 11.2 Å². The van der Waals surface area contributed by atoms with Gasteiger partial charge in [0.2, 0.25) is 0 Å². The van der Waals surface area contributed by atoms with E-state index < -0.39 is 17.9 Å². The largest absolute Gasteiger partial charge is 0.480 e. The van der Waals surface area contributed by atoms with Crippen LogP contribution < -0.4 is 20.9 Å². The highest BCUT2D eigenvalue weighted by atomic mass is 16.4. The number of carbonyl (C=O) groups excluding carboxylic acids is 1. The Bertz CT molecular complexity index is 1430. The number of nitrogens with one attached hydrogen (secondary N) is 3. The van der Waals surface area contributed by atoms with E-state index in [2.05, 4.69) is 35.8 Å². The van der Waals surface area contributed by atoms with E-state index in [-0.39, 0.29) is 12.0 Å². The zero-order chi connectivity index (χ0) is 27.0. The first-order chi connectivity index (χ1) is 19.0. The van der Waals surface area contributed by atoms with Crippen molar-refractivity contribution in [2.24, 2.45) is 0 Å². The fourth-order valence-electron chi connectivity index (χ4n) is 4.30. The van der Waals surface area contributed by atoms with Gasteiger partial charge in [0.15, 0.2) is 0 Å².